The maximum atomic E-state index is 13.4. The van der Waals surface area contributed by atoms with Gasteiger partial charge in [-0.3, -0.25) is 4.79 Å². The molecule has 3 aromatic heterocycles. The zero-order chi connectivity index (χ0) is 20.3. The highest BCUT2D eigenvalue weighted by Gasteiger charge is 2.18. The van der Waals surface area contributed by atoms with Crippen LogP contribution in [0.5, 0.6) is 0 Å². The van der Waals surface area contributed by atoms with E-state index in [1.54, 1.807) is 0 Å². The maximum Gasteiger partial charge on any atom is 0.283 e. The first-order chi connectivity index (χ1) is 13.8. The first kappa shape index (κ1) is 18.3. The Morgan fingerprint density at radius 2 is 1.69 bits per heavy atom. The summed E-state index contributed by atoms with van der Waals surface area (Å²) in [6.45, 7) is 6.55. The fourth-order valence-corrected chi connectivity index (χ4v) is 4.79. The summed E-state index contributed by atoms with van der Waals surface area (Å²) in [6.07, 6.45) is 0. The normalized spacial score (nSPS) is 12.3. The Morgan fingerprint density at radius 1 is 1.00 bits per heavy atom. The topological polar surface area (TPSA) is 47.3 Å². The van der Waals surface area contributed by atoms with Crippen LogP contribution in [-0.2, 0) is 5.41 Å². The van der Waals surface area contributed by atoms with Gasteiger partial charge in [0.1, 0.15) is 4.83 Å². The van der Waals surface area contributed by atoms with Crippen molar-refractivity contribution in [3.05, 3.63) is 75.0 Å². The lowest BCUT2D eigenvalue weighted by Gasteiger charge is -2.19. The Labute approximate surface area is 176 Å². The van der Waals surface area contributed by atoms with Crippen molar-refractivity contribution in [2.75, 3.05) is 0 Å². The van der Waals surface area contributed by atoms with E-state index in [9.17, 15) is 4.79 Å². The van der Waals surface area contributed by atoms with Crippen LogP contribution in [0.4, 0.5) is 0 Å². The lowest BCUT2D eigenvalue weighted by molar-refractivity contribution is 0.590. The molecule has 29 heavy (non-hydrogen) atoms. The Hall–Kier alpha value is -2.76. The molecule has 0 amide bonds. The molecule has 0 atom stereocenters. The molecule has 2 aromatic carbocycles. The van der Waals surface area contributed by atoms with Crippen LogP contribution in [0.25, 0.3) is 37.8 Å². The summed E-state index contributed by atoms with van der Waals surface area (Å²) >= 11 is 7.83. The number of nitrogens with zero attached hydrogens (tertiary/aromatic N) is 3. The number of hydrogen-bond donors (Lipinski definition) is 0. The third kappa shape index (κ3) is 2.84. The number of benzene rings is 2. The summed E-state index contributed by atoms with van der Waals surface area (Å²) in [6, 6.07) is 16.0. The molecule has 6 heteroatoms. The van der Waals surface area contributed by atoms with E-state index >= 15 is 0 Å². The standard InChI is InChI=1S/C23H18ClN3OS/c1-23(2,3)14-10-8-13(9-11-14)17-12-29-21-18(17)22(28)27-20(25-21)16-7-5-4-6-15(16)19(24)26-27/h4-12H,1-3H3. The van der Waals surface area contributed by atoms with E-state index in [1.807, 2.05) is 29.6 Å². The highest BCUT2D eigenvalue weighted by molar-refractivity contribution is 7.17. The van der Waals surface area contributed by atoms with Gasteiger partial charge in [0.05, 0.1) is 5.39 Å². The monoisotopic (exact) mass is 419 g/mol. The molecule has 0 radical (unpaired) electrons. The van der Waals surface area contributed by atoms with Gasteiger partial charge in [-0.25, -0.2) is 4.98 Å². The van der Waals surface area contributed by atoms with Crippen molar-refractivity contribution in [1.29, 1.82) is 0 Å². The zero-order valence-electron chi connectivity index (χ0n) is 16.2. The fourth-order valence-electron chi connectivity index (χ4n) is 3.61. The van der Waals surface area contributed by atoms with E-state index in [1.165, 1.54) is 21.4 Å². The van der Waals surface area contributed by atoms with Crippen LogP contribution in [0.15, 0.2) is 58.7 Å². The molecule has 4 nitrogen and oxygen atoms in total. The summed E-state index contributed by atoms with van der Waals surface area (Å²) in [5, 5.41) is 8.80. The molecule has 0 fully saturated rings. The lowest BCUT2D eigenvalue weighted by Crippen LogP contribution is -2.18. The average Bonchev–Trinajstić information content (AvgIpc) is 3.13. The largest absolute Gasteiger partial charge is 0.283 e. The Kier molecular flexibility index (Phi) is 4.02. The molecule has 0 aliphatic rings. The minimum Gasteiger partial charge on any atom is -0.267 e. The molecule has 144 valence electrons. The fraction of sp³-hybridized carbons (Fsp3) is 0.174. The summed E-state index contributed by atoms with van der Waals surface area (Å²) < 4.78 is 1.33. The minimum atomic E-state index is -0.200. The molecule has 0 bridgehead atoms. The first-order valence-electron chi connectivity index (χ1n) is 9.34. The van der Waals surface area contributed by atoms with Crippen LogP contribution in [0.2, 0.25) is 5.15 Å². The summed E-state index contributed by atoms with van der Waals surface area (Å²) in [4.78, 5) is 18.9. The van der Waals surface area contributed by atoms with Gasteiger partial charge in [0, 0.05) is 21.7 Å². The predicted octanol–water partition coefficient (Wildman–Crippen LogP) is 6.08. The van der Waals surface area contributed by atoms with E-state index in [0.717, 1.165) is 21.9 Å². The molecule has 0 aliphatic heterocycles. The molecular weight excluding hydrogens is 402 g/mol. The van der Waals surface area contributed by atoms with Crippen molar-refractivity contribution in [2.45, 2.75) is 26.2 Å². The number of halogens is 1. The summed E-state index contributed by atoms with van der Waals surface area (Å²) in [7, 11) is 0. The molecule has 0 saturated heterocycles. The molecular formula is C23H18ClN3OS. The van der Waals surface area contributed by atoms with Crippen LogP contribution in [0.3, 0.4) is 0 Å². The van der Waals surface area contributed by atoms with E-state index in [0.29, 0.717) is 21.0 Å². The van der Waals surface area contributed by atoms with Gasteiger partial charge in [-0.1, -0.05) is 80.9 Å². The van der Waals surface area contributed by atoms with Gasteiger partial charge in [0.2, 0.25) is 0 Å². The van der Waals surface area contributed by atoms with Gasteiger partial charge in [-0.2, -0.15) is 9.61 Å². The third-order valence-electron chi connectivity index (χ3n) is 5.23. The number of hydrogen-bond acceptors (Lipinski definition) is 4. The Balaban J connectivity index is 1.80. The second-order valence-corrected chi connectivity index (χ2v) is 9.36. The van der Waals surface area contributed by atoms with Crippen molar-refractivity contribution >= 4 is 49.6 Å². The van der Waals surface area contributed by atoms with Crippen LogP contribution in [0, 0.1) is 0 Å². The SMILES string of the molecule is CC(C)(C)c1ccc(-c2csc3nc4c5ccccc5c(Cl)nn4c(=O)c23)cc1. The third-order valence-corrected chi connectivity index (χ3v) is 6.38. The van der Waals surface area contributed by atoms with Crippen molar-refractivity contribution in [2.24, 2.45) is 0 Å². The number of thiophene rings is 1. The van der Waals surface area contributed by atoms with Crippen molar-refractivity contribution in [3.63, 3.8) is 0 Å². The van der Waals surface area contributed by atoms with Crippen molar-refractivity contribution < 1.29 is 0 Å². The van der Waals surface area contributed by atoms with E-state index < -0.39 is 0 Å². The maximum absolute atomic E-state index is 13.4. The number of rotatable bonds is 1. The second kappa shape index (κ2) is 6.37. The molecule has 0 aliphatic carbocycles. The lowest BCUT2D eigenvalue weighted by atomic mass is 9.86. The first-order valence-corrected chi connectivity index (χ1v) is 10.6. The van der Waals surface area contributed by atoms with E-state index in [4.69, 9.17) is 16.6 Å². The van der Waals surface area contributed by atoms with Gasteiger partial charge in [-0.05, 0) is 16.5 Å². The molecule has 5 aromatic rings. The highest BCUT2D eigenvalue weighted by atomic mass is 35.5. The quantitative estimate of drug-likeness (QED) is 0.309. The zero-order valence-corrected chi connectivity index (χ0v) is 17.8. The van der Waals surface area contributed by atoms with E-state index in [-0.39, 0.29) is 11.0 Å². The predicted molar refractivity (Wildman–Crippen MR) is 121 cm³/mol. The van der Waals surface area contributed by atoms with Crippen LogP contribution in [0.1, 0.15) is 26.3 Å². The molecule has 3 heterocycles. The van der Waals surface area contributed by atoms with Crippen LogP contribution in [-0.4, -0.2) is 14.6 Å². The number of fused-ring (bicyclic) bond motifs is 4. The van der Waals surface area contributed by atoms with Gasteiger partial charge >= 0.3 is 0 Å². The van der Waals surface area contributed by atoms with Crippen LogP contribution >= 0.6 is 22.9 Å². The summed E-state index contributed by atoms with van der Waals surface area (Å²) in [5.41, 5.74) is 3.53. The molecule has 0 spiro atoms. The Morgan fingerprint density at radius 3 is 2.38 bits per heavy atom. The number of aromatic nitrogens is 3. The molecule has 5 rings (SSSR count). The molecule has 0 saturated carbocycles. The van der Waals surface area contributed by atoms with Gasteiger partial charge in [-0.15, -0.1) is 11.3 Å². The summed E-state index contributed by atoms with van der Waals surface area (Å²) in [5.74, 6) is 0. The highest BCUT2D eigenvalue weighted by Crippen LogP contribution is 2.33. The van der Waals surface area contributed by atoms with Crippen molar-refractivity contribution in [3.8, 4) is 11.1 Å². The van der Waals surface area contributed by atoms with Gasteiger partial charge in [0.25, 0.3) is 5.56 Å². The molecule has 0 unspecified atom stereocenters. The van der Waals surface area contributed by atoms with Gasteiger partial charge < -0.3 is 0 Å². The van der Waals surface area contributed by atoms with Gasteiger partial charge in [0.15, 0.2) is 10.8 Å². The average molecular weight is 420 g/mol. The minimum absolute atomic E-state index is 0.0777. The van der Waals surface area contributed by atoms with E-state index in [2.05, 4.69) is 50.1 Å². The molecule has 0 N–H and O–H groups in total. The van der Waals surface area contributed by atoms with Crippen LogP contribution < -0.4 is 5.56 Å². The smallest absolute Gasteiger partial charge is 0.267 e. The Bertz CT molecular complexity index is 1460. The second-order valence-electron chi connectivity index (χ2n) is 8.15. The van der Waals surface area contributed by atoms with Crippen molar-refractivity contribution in [1.82, 2.24) is 14.6 Å².